The van der Waals surface area contributed by atoms with Gasteiger partial charge in [0, 0.05) is 0 Å². The Hall–Kier alpha value is -0.206. The van der Waals surface area contributed by atoms with E-state index in [4.69, 9.17) is 3.32 Å². The van der Waals surface area contributed by atoms with Crippen LogP contribution in [0.1, 0.15) is 0 Å². The predicted molar refractivity (Wildman–Crippen MR) is 44.6 cm³/mol. The number of benzene rings is 2. The molecule has 0 unspecified atom stereocenters. The van der Waals surface area contributed by atoms with E-state index in [-0.39, 0.29) is 24.8 Å². The maximum atomic E-state index is 5.12. The average Bonchev–Trinajstić information content (AvgIpc) is 2.17. The van der Waals surface area contributed by atoms with Crippen molar-refractivity contribution >= 4 is 10.8 Å². The van der Waals surface area contributed by atoms with Crippen molar-refractivity contribution in [2.45, 2.75) is 0 Å². The van der Waals surface area contributed by atoms with Gasteiger partial charge in [-0.05, 0) is 0 Å². The summed E-state index contributed by atoms with van der Waals surface area (Å²) in [6.45, 7) is 0. The van der Waals surface area contributed by atoms with Crippen LogP contribution >= 0.6 is 0 Å². The number of hydrogen-bond acceptors (Lipinski definition) is 1. The molecular weight excluding hydrogens is 255 g/mol. The second kappa shape index (κ2) is 6.31. The van der Waals surface area contributed by atoms with Crippen LogP contribution in [-0.2, 0) is 20.8 Å². The van der Waals surface area contributed by atoms with Crippen LogP contribution in [0.4, 0.5) is 0 Å². The van der Waals surface area contributed by atoms with Gasteiger partial charge in [0.05, 0.1) is 0 Å². The van der Waals surface area contributed by atoms with Crippen LogP contribution < -0.4 is 28.1 Å². The third kappa shape index (κ3) is 2.89. The first-order valence-corrected chi connectivity index (χ1v) is 4.36. The van der Waals surface area contributed by atoms with E-state index in [9.17, 15) is 0 Å². The Morgan fingerprint density at radius 3 is 2.14 bits per heavy atom. The van der Waals surface area contributed by atoms with Gasteiger partial charge in [0.15, 0.2) is 0 Å². The molecule has 0 radical (unpaired) electrons. The summed E-state index contributed by atoms with van der Waals surface area (Å²) in [7, 11) is 0. The van der Waals surface area contributed by atoms with E-state index in [0.717, 1.165) is 5.75 Å². The average molecular weight is 262 g/mol. The van der Waals surface area contributed by atoms with Gasteiger partial charge in [-0.1, -0.05) is 0 Å². The summed E-state index contributed by atoms with van der Waals surface area (Å²) in [5, 5.41) is 2.47. The molecule has 14 heavy (non-hydrogen) atoms. The fraction of sp³-hybridized carbons (Fsp3) is 0. The summed E-state index contributed by atoms with van der Waals surface area (Å²) in [6, 6.07) is 14.3. The van der Waals surface area contributed by atoms with Crippen LogP contribution in [0.3, 0.4) is 0 Å². The first kappa shape index (κ1) is 13.8. The summed E-state index contributed by atoms with van der Waals surface area (Å²) >= 11 is 1.68. The van der Waals surface area contributed by atoms with E-state index in [1.807, 2.05) is 24.3 Å². The Kier molecular flexibility index (Phi) is 6.22. The van der Waals surface area contributed by atoms with Crippen molar-refractivity contribution in [3.63, 3.8) is 0 Å². The van der Waals surface area contributed by atoms with Gasteiger partial charge in [-0.25, -0.2) is 0 Å². The van der Waals surface area contributed by atoms with E-state index in [1.54, 1.807) is 20.8 Å². The van der Waals surface area contributed by atoms with Crippen molar-refractivity contribution in [2.75, 3.05) is 0 Å². The van der Waals surface area contributed by atoms with Crippen LogP contribution in [0.2, 0.25) is 0 Å². The molecule has 0 aromatic heterocycles. The van der Waals surface area contributed by atoms with Crippen molar-refractivity contribution in [2.24, 2.45) is 0 Å². The number of hydrogen-bond donors (Lipinski definition) is 0. The molecule has 71 valence electrons. The monoisotopic (exact) mass is 261 g/mol. The molecule has 2 aromatic rings. The van der Waals surface area contributed by atoms with Crippen molar-refractivity contribution in [3.05, 3.63) is 42.5 Å². The third-order valence-corrected chi connectivity index (χ3v) is 2.21. The molecule has 0 aliphatic rings. The predicted octanol–water partition coefficient (Wildman–Crippen LogP) is -3.31. The Balaban J connectivity index is 0.000000845. The van der Waals surface area contributed by atoms with Gasteiger partial charge >= 0.3 is 83.1 Å². The van der Waals surface area contributed by atoms with Gasteiger partial charge in [0.1, 0.15) is 0 Å². The van der Waals surface area contributed by atoms with E-state index >= 15 is 0 Å². The molecule has 4 heteroatoms. The van der Waals surface area contributed by atoms with Crippen molar-refractivity contribution in [1.29, 1.82) is 0 Å². The van der Waals surface area contributed by atoms with Crippen molar-refractivity contribution in [1.82, 2.24) is 0 Å². The molecule has 2 aromatic carbocycles. The zero-order valence-electron chi connectivity index (χ0n) is 7.21. The second-order valence-corrected chi connectivity index (χ2v) is 2.93. The standard InChI is InChI=1S/C10H8O.2ClH.Ti/c11-10-6-5-8-3-1-2-4-9(8)7-10;;;/h1-7,11H;2*1H;/q;;;+3/p-3. The molecule has 0 saturated heterocycles. The van der Waals surface area contributed by atoms with E-state index < -0.39 is 0 Å². The zero-order chi connectivity index (χ0) is 8.39. The minimum absolute atomic E-state index is 0. The number of fused-ring (bicyclic) bond motifs is 1. The summed E-state index contributed by atoms with van der Waals surface area (Å²) < 4.78 is 5.12. The molecule has 0 aliphatic heterocycles. The minimum atomic E-state index is 0. The first-order valence-electron chi connectivity index (χ1n) is 3.72. The number of halogens is 2. The third-order valence-electron chi connectivity index (χ3n) is 1.84. The van der Waals surface area contributed by atoms with Crippen LogP contribution in [0.25, 0.3) is 10.8 Å². The van der Waals surface area contributed by atoms with Gasteiger partial charge in [0.25, 0.3) is 0 Å². The fourth-order valence-corrected chi connectivity index (χ4v) is 1.43. The molecule has 0 heterocycles. The zero-order valence-corrected chi connectivity index (χ0v) is 10.3. The first-order chi connectivity index (χ1) is 5.90. The Bertz CT molecular complexity index is 406. The van der Waals surface area contributed by atoms with Crippen LogP contribution in [0.5, 0.6) is 5.75 Å². The second-order valence-electron chi connectivity index (χ2n) is 2.61. The normalized spacial score (nSPS) is 8.71. The summed E-state index contributed by atoms with van der Waals surface area (Å²) in [4.78, 5) is 0. The van der Waals surface area contributed by atoms with Crippen LogP contribution in [0, 0.1) is 0 Å². The van der Waals surface area contributed by atoms with Gasteiger partial charge in [-0.2, -0.15) is 0 Å². The molecule has 2 rings (SSSR count). The maximum absolute atomic E-state index is 5.12. The quantitative estimate of drug-likeness (QED) is 0.489. The van der Waals surface area contributed by atoms with Crippen LogP contribution in [0.15, 0.2) is 42.5 Å². The van der Waals surface area contributed by atoms with Crippen molar-refractivity contribution in [3.8, 4) is 5.75 Å². The van der Waals surface area contributed by atoms with Crippen LogP contribution in [-0.4, -0.2) is 0 Å². The molecule has 0 saturated carbocycles. The van der Waals surface area contributed by atoms with Gasteiger partial charge in [-0.3, -0.25) is 0 Å². The topological polar surface area (TPSA) is 9.23 Å². The van der Waals surface area contributed by atoms with Gasteiger partial charge < -0.3 is 24.8 Å². The molecule has 1 nitrogen and oxygen atoms in total. The van der Waals surface area contributed by atoms with E-state index in [2.05, 4.69) is 18.2 Å². The van der Waals surface area contributed by atoms with Crippen molar-refractivity contribution < 1.29 is 49.0 Å². The number of rotatable bonds is 1. The summed E-state index contributed by atoms with van der Waals surface area (Å²) in [5.41, 5.74) is 0. The molecule has 0 spiro atoms. The molecule has 0 N–H and O–H groups in total. The molecule has 0 bridgehead atoms. The summed E-state index contributed by atoms with van der Waals surface area (Å²) in [5.74, 6) is 0.911. The molecule has 0 fully saturated rings. The summed E-state index contributed by atoms with van der Waals surface area (Å²) in [6.07, 6.45) is 0. The fourth-order valence-electron chi connectivity index (χ4n) is 1.23. The Morgan fingerprint density at radius 1 is 0.857 bits per heavy atom. The SMILES string of the molecule is [Cl-].[Cl-].[Ti+2][O]c1ccc2ccccc2c1. The Labute approximate surface area is 108 Å². The van der Waals surface area contributed by atoms with E-state index in [0.29, 0.717) is 0 Å². The molecule has 0 atom stereocenters. The molecular formula is C10H7Cl2OTi. The van der Waals surface area contributed by atoms with Gasteiger partial charge in [0.2, 0.25) is 0 Å². The Morgan fingerprint density at radius 2 is 1.50 bits per heavy atom. The van der Waals surface area contributed by atoms with Gasteiger partial charge in [-0.15, -0.1) is 0 Å². The van der Waals surface area contributed by atoms with E-state index in [1.165, 1.54) is 10.8 Å². The molecule has 0 aliphatic carbocycles. The molecule has 0 amide bonds.